The van der Waals surface area contributed by atoms with Crippen LogP contribution in [0, 0.1) is 0 Å². The van der Waals surface area contributed by atoms with Crippen LogP contribution in [0.25, 0.3) is 10.1 Å². The molecule has 4 rings (SSSR count). The second-order valence-electron chi connectivity index (χ2n) is 7.19. The van der Waals surface area contributed by atoms with E-state index in [2.05, 4.69) is 27.7 Å². The van der Waals surface area contributed by atoms with Gasteiger partial charge >= 0.3 is 0 Å². The van der Waals surface area contributed by atoms with Crippen molar-refractivity contribution in [3.63, 3.8) is 0 Å². The topological polar surface area (TPSA) is 84.2 Å². The number of likely N-dealkylation sites (tertiary alicyclic amines) is 1. The summed E-state index contributed by atoms with van der Waals surface area (Å²) in [7, 11) is 3.56. The van der Waals surface area contributed by atoms with Crippen molar-refractivity contribution >= 4 is 33.2 Å². The molecule has 0 saturated carbocycles. The van der Waals surface area contributed by atoms with Crippen LogP contribution in [0.5, 0.6) is 0 Å². The SMILES string of the molecule is CN(C)C(=O)c1sc2ccccc2c1[C@@H]1CCN(C(=O)CCn2cnnn2)C1. The Hall–Kier alpha value is -2.81. The minimum absolute atomic E-state index is 0.0275. The molecule has 9 heteroatoms. The van der Waals surface area contributed by atoms with Crippen LogP contribution in [-0.4, -0.2) is 69.0 Å². The zero-order chi connectivity index (χ0) is 19.7. The number of aryl methyl sites for hydroxylation is 1. The molecule has 28 heavy (non-hydrogen) atoms. The molecule has 1 aromatic carbocycles. The number of tetrazole rings is 1. The Kier molecular flexibility index (Phi) is 5.08. The first-order valence-corrected chi connectivity index (χ1v) is 10.1. The Bertz CT molecular complexity index is 997. The third-order valence-electron chi connectivity index (χ3n) is 5.13. The first-order valence-electron chi connectivity index (χ1n) is 9.26. The highest BCUT2D eigenvalue weighted by Crippen LogP contribution is 2.40. The Labute approximate surface area is 166 Å². The molecular formula is C19H22N6O2S. The minimum Gasteiger partial charge on any atom is -0.344 e. The Morgan fingerprint density at radius 1 is 1.29 bits per heavy atom. The third-order valence-corrected chi connectivity index (χ3v) is 6.30. The van der Waals surface area contributed by atoms with Gasteiger partial charge in [0.15, 0.2) is 0 Å². The summed E-state index contributed by atoms with van der Waals surface area (Å²) in [4.78, 5) is 29.7. The summed E-state index contributed by atoms with van der Waals surface area (Å²) in [5.41, 5.74) is 1.09. The van der Waals surface area contributed by atoms with Crippen LogP contribution in [0.2, 0.25) is 0 Å². The molecule has 3 heterocycles. The van der Waals surface area contributed by atoms with Gasteiger partial charge in [0.25, 0.3) is 5.91 Å². The van der Waals surface area contributed by atoms with Crippen LogP contribution in [0.1, 0.15) is 34.0 Å². The maximum absolute atomic E-state index is 12.8. The van der Waals surface area contributed by atoms with Crippen molar-refractivity contribution in [3.05, 3.63) is 41.0 Å². The third kappa shape index (κ3) is 3.49. The van der Waals surface area contributed by atoms with Crippen LogP contribution in [-0.2, 0) is 11.3 Å². The molecule has 1 aliphatic heterocycles. The lowest BCUT2D eigenvalue weighted by Crippen LogP contribution is -2.29. The summed E-state index contributed by atoms with van der Waals surface area (Å²) in [6.07, 6.45) is 2.74. The maximum Gasteiger partial charge on any atom is 0.263 e. The molecule has 0 spiro atoms. The normalized spacial score (nSPS) is 16.6. The van der Waals surface area contributed by atoms with Gasteiger partial charge in [-0.15, -0.1) is 16.4 Å². The van der Waals surface area contributed by atoms with E-state index in [0.29, 0.717) is 26.1 Å². The van der Waals surface area contributed by atoms with Crippen molar-refractivity contribution in [2.75, 3.05) is 27.2 Å². The fraction of sp³-hybridized carbons (Fsp3) is 0.421. The number of rotatable bonds is 5. The molecule has 0 unspecified atom stereocenters. The van der Waals surface area contributed by atoms with Gasteiger partial charge in [0.05, 0.1) is 11.4 Å². The van der Waals surface area contributed by atoms with E-state index in [1.807, 2.05) is 17.0 Å². The van der Waals surface area contributed by atoms with Crippen LogP contribution >= 0.6 is 11.3 Å². The molecule has 1 fully saturated rings. The zero-order valence-electron chi connectivity index (χ0n) is 15.9. The molecule has 146 valence electrons. The molecule has 1 aliphatic rings. The van der Waals surface area contributed by atoms with Gasteiger partial charge < -0.3 is 9.80 Å². The zero-order valence-corrected chi connectivity index (χ0v) is 16.7. The highest BCUT2D eigenvalue weighted by Gasteiger charge is 2.32. The van der Waals surface area contributed by atoms with Gasteiger partial charge in [-0.25, -0.2) is 4.68 Å². The van der Waals surface area contributed by atoms with Crippen molar-refractivity contribution in [1.82, 2.24) is 30.0 Å². The largest absolute Gasteiger partial charge is 0.344 e. The van der Waals surface area contributed by atoms with Crippen molar-refractivity contribution < 1.29 is 9.59 Å². The van der Waals surface area contributed by atoms with Gasteiger partial charge in [-0.2, -0.15) is 0 Å². The van der Waals surface area contributed by atoms with E-state index < -0.39 is 0 Å². The van der Waals surface area contributed by atoms with Gasteiger partial charge in [-0.1, -0.05) is 18.2 Å². The quantitative estimate of drug-likeness (QED) is 0.656. The minimum atomic E-state index is 0.0275. The molecule has 3 aromatic rings. The number of amides is 2. The summed E-state index contributed by atoms with van der Waals surface area (Å²) in [5.74, 6) is 0.296. The number of fused-ring (bicyclic) bond motifs is 1. The summed E-state index contributed by atoms with van der Waals surface area (Å²) >= 11 is 1.55. The Balaban J connectivity index is 1.54. The number of hydrogen-bond acceptors (Lipinski definition) is 6. The van der Waals surface area contributed by atoms with Crippen molar-refractivity contribution in [2.24, 2.45) is 0 Å². The summed E-state index contributed by atoms with van der Waals surface area (Å²) < 4.78 is 2.68. The van der Waals surface area contributed by atoms with Crippen LogP contribution in [0.4, 0.5) is 0 Å². The number of aromatic nitrogens is 4. The predicted octanol–water partition coefficient (Wildman–Crippen LogP) is 2.00. The fourth-order valence-electron chi connectivity index (χ4n) is 3.71. The van der Waals surface area contributed by atoms with E-state index in [1.165, 1.54) is 6.33 Å². The number of thiophene rings is 1. The fourth-order valence-corrected chi connectivity index (χ4v) is 5.02. The average molecular weight is 398 g/mol. The highest BCUT2D eigenvalue weighted by molar-refractivity contribution is 7.21. The Morgan fingerprint density at radius 3 is 2.86 bits per heavy atom. The lowest BCUT2D eigenvalue weighted by Gasteiger charge is -2.18. The molecule has 1 atom stereocenters. The molecule has 2 aromatic heterocycles. The molecule has 1 saturated heterocycles. The first-order chi connectivity index (χ1) is 13.5. The highest BCUT2D eigenvalue weighted by atomic mass is 32.1. The number of benzene rings is 1. The molecule has 0 bridgehead atoms. The molecule has 2 amide bonds. The molecule has 8 nitrogen and oxygen atoms in total. The van der Waals surface area contributed by atoms with Crippen molar-refractivity contribution in [3.8, 4) is 0 Å². The smallest absolute Gasteiger partial charge is 0.263 e. The van der Waals surface area contributed by atoms with Gasteiger partial charge in [0, 0.05) is 44.2 Å². The lowest BCUT2D eigenvalue weighted by atomic mass is 9.95. The monoisotopic (exact) mass is 398 g/mol. The van der Waals surface area contributed by atoms with Crippen molar-refractivity contribution in [1.29, 1.82) is 0 Å². The number of carbonyl (C=O) groups excluding carboxylic acids is 2. The van der Waals surface area contributed by atoms with Crippen molar-refractivity contribution in [2.45, 2.75) is 25.3 Å². The van der Waals surface area contributed by atoms with E-state index in [9.17, 15) is 9.59 Å². The summed E-state index contributed by atoms with van der Waals surface area (Å²) in [5, 5.41) is 12.1. The Morgan fingerprint density at radius 2 is 2.11 bits per heavy atom. The molecule has 0 radical (unpaired) electrons. The predicted molar refractivity (Wildman–Crippen MR) is 106 cm³/mol. The van der Waals surface area contributed by atoms with Gasteiger partial charge in [-0.3, -0.25) is 9.59 Å². The van der Waals surface area contributed by atoms with E-state index >= 15 is 0 Å². The molecule has 0 N–H and O–H groups in total. The van der Waals surface area contributed by atoms with Crippen LogP contribution in [0.3, 0.4) is 0 Å². The standard InChI is InChI=1S/C19H22N6O2S/c1-23(2)19(27)18-17(14-5-3-4-6-15(14)28-18)13-7-9-24(11-13)16(26)8-10-25-12-20-21-22-25/h3-6,12-13H,7-11H2,1-2H3/t13-/m1/s1. The number of carbonyl (C=O) groups is 2. The molecule has 0 aliphatic carbocycles. The second kappa shape index (κ2) is 7.67. The average Bonchev–Trinajstić information content (AvgIpc) is 3.43. The van der Waals surface area contributed by atoms with E-state index in [4.69, 9.17) is 0 Å². The maximum atomic E-state index is 12.8. The lowest BCUT2D eigenvalue weighted by molar-refractivity contribution is -0.130. The van der Waals surface area contributed by atoms with Gasteiger partial charge in [0.2, 0.25) is 5.91 Å². The molecular weight excluding hydrogens is 376 g/mol. The van der Waals surface area contributed by atoms with Gasteiger partial charge in [0.1, 0.15) is 6.33 Å². The van der Waals surface area contributed by atoms with E-state index in [-0.39, 0.29) is 17.7 Å². The van der Waals surface area contributed by atoms with E-state index in [1.54, 1.807) is 35.0 Å². The summed E-state index contributed by atoms with van der Waals surface area (Å²) in [6.45, 7) is 1.82. The van der Waals surface area contributed by atoms with E-state index in [0.717, 1.165) is 26.9 Å². The van der Waals surface area contributed by atoms with Crippen LogP contribution in [0.15, 0.2) is 30.6 Å². The van der Waals surface area contributed by atoms with Crippen LogP contribution < -0.4 is 0 Å². The van der Waals surface area contributed by atoms with Gasteiger partial charge in [-0.05, 0) is 33.9 Å². The number of hydrogen-bond donors (Lipinski definition) is 0. The number of nitrogens with zero attached hydrogens (tertiary/aromatic N) is 6. The second-order valence-corrected chi connectivity index (χ2v) is 8.24. The first kappa shape index (κ1) is 18.5. The summed E-state index contributed by atoms with van der Waals surface area (Å²) in [6, 6.07) is 8.14.